The van der Waals surface area contributed by atoms with E-state index < -0.39 is 20.0 Å². The molecule has 0 aromatic carbocycles. The van der Waals surface area contributed by atoms with Crippen LogP contribution in [-0.2, 0) is 0 Å². The molecule has 0 radical (unpaired) electrons. The van der Waals surface area contributed by atoms with E-state index in [-0.39, 0.29) is 18.9 Å². The van der Waals surface area contributed by atoms with Crippen LogP contribution in [0.5, 0.6) is 0 Å². The molecule has 0 saturated heterocycles. The van der Waals surface area contributed by atoms with Gasteiger partial charge in [-0.1, -0.05) is 0 Å². The summed E-state index contributed by atoms with van der Waals surface area (Å²) in [5, 5.41) is 0. The van der Waals surface area contributed by atoms with Crippen molar-refractivity contribution in [1.29, 1.82) is 0 Å². The molecule has 0 aliphatic rings. The van der Waals surface area contributed by atoms with E-state index in [4.69, 9.17) is 0 Å². The summed E-state index contributed by atoms with van der Waals surface area (Å²) in [6, 6.07) is 0. The fraction of sp³-hybridized carbons (Fsp3) is 1.00. The summed E-state index contributed by atoms with van der Waals surface area (Å²) in [4.78, 5) is 0. The number of unbranched alkanes of at least 4 members (excludes halogenated alkanes) is 4. The van der Waals surface area contributed by atoms with Crippen LogP contribution in [0.25, 0.3) is 0 Å². The van der Waals surface area contributed by atoms with Gasteiger partial charge < -0.3 is 0 Å². The van der Waals surface area contributed by atoms with Gasteiger partial charge in [-0.3, -0.25) is 0 Å². The Hall–Kier alpha value is 1.47. The Morgan fingerprint density at radius 1 is 0.500 bits per heavy atom. The Morgan fingerprint density at radius 2 is 0.722 bits per heavy atom. The molecule has 18 heavy (non-hydrogen) atoms. The second-order valence-electron chi connectivity index (χ2n) is 6.30. The van der Waals surface area contributed by atoms with Gasteiger partial charge in [-0.25, -0.2) is 0 Å². The summed E-state index contributed by atoms with van der Waals surface area (Å²) in [6.07, 6.45) is 11.8. The molecule has 0 aromatic heterocycles. The minimum Gasteiger partial charge on any atom is 1.00 e. The van der Waals surface area contributed by atoms with Crippen molar-refractivity contribution in [3.63, 3.8) is 0 Å². The second kappa shape index (κ2) is 14.9. The van der Waals surface area contributed by atoms with Crippen molar-refractivity contribution in [1.82, 2.24) is 0 Å². The molecule has 0 aliphatic carbocycles. The van der Waals surface area contributed by atoms with Gasteiger partial charge in [0.25, 0.3) is 0 Å². The van der Waals surface area contributed by atoms with Gasteiger partial charge in [-0.05, 0) is 0 Å². The molecule has 0 aliphatic heterocycles. The van der Waals surface area contributed by atoms with Gasteiger partial charge >= 0.3 is 135 Å². The molecule has 0 fully saturated rings. The fourth-order valence-electron chi connectivity index (χ4n) is 3.41. The van der Waals surface area contributed by atoms with Crippen LogP contribution in [-0.4, -0.2) is 20.0 Å². The maximum atomic E-state index is 2.37. The monoisotopic (exact) mass is 350 g/mol. The maximum Gasteiger partial charge on any atom is 1.00 e. The summed E-state index contributed by atoms with van der Waals surface area (Å²) in [7, 11) is 0. The third-order valence-electron chi connectivity index (χ3n) is 4.68. The third kappa shape index (κ3) is 10.3. The smallest absolute Gasteiger partial charge is 1.00 e. The van der Waals surface area contributed by atoms with E-state index in [0.29, 0.717) is 0 Å². The van der Waals surface area contributed by atoms with Crippen molar-refractivity contribution in [2.45, 2.75) is 95.8 Å². The Morgan fingerprint density at radius 3 is 0.889 bits per heavy atom. The molecule has 0 saturated carbocycles. The zero-order valence-corrected chi connectivity index (χ0v) is 17.4. The quantitative estimate of drug-likeness (QED) is 0.472. The van der Waals surface area contributed by atoms with E-state index in [2.05, 4.69) is 27.7 Å². The first-order valence-electron chi connectivity index (χ1n) is 8.46. The number of hydrogen-bond donors (Lipinski definition) is 0. The normalized spacial score (nSPS) is 11.3. The van der Waals surface area contributed by atoms with Gasteiger partial charge in [-0.2, -0.15) is 0 Å². The molecule has 0 bridgehead atoms. The molecule has 0 heterocycles. The Bertz CT molecular complexity index is 122. The molecule has 0 nitrogen and oxygen atoms in total. The molecule has 104 valence electrons. The Labute approximate surface area is 134 Å². The molecule has 0 amide bonds. The van der Waals surface area contributed by atoms with Crippen LogP contribution in [0.15, 0.2) is 0 Å². The predicted octanol–water partition coefficient (Wildman–Crippen LogP) is 3.64. The Kier molecular flexibility index (Phi) is 18.0. The minimum atomic E-state index is -1.81. The average Bonchev–Trinajstić information content (AvgIpc) is 2.37. The van der Waals surface area contributed by atoms with Crippen molar-refractivity contribution < 1.29 is 18.9 Å². The first-order chi connectivity index (χ1) is 8.24. The molecule has 0 rings (SSSR count). The average molecular weight is 350 g/mol. The standard InChI is InChI=1S/4C4H9.In.Li/c4*1-3-4-2;;/h4*1,3-4H2,2H3;;/q;;;;-1;+1. The van der Waals surface area contributed by atoms with Gasteiger partial charge in [0, 0.05) is 0 Å². The van der Waals surface area contributed by atoms with Crippen LogP contribution < -0.4 is 18.9 Å². The Balaban J connectivity index is 0. The van der Waals surface area contributed by atoms with E-state index in [0.717, 1.165) is 0 Å². The summed E-state index contributed by atoms with van der Waals surface area (Å²) < 4.78 is 6.84. The molecule has 0 N–H and O–H groups in total. The molecule has 2 heteroatoms. The maximum absolute atomic E-state index is 2.37. The van der Waals surface area contributed by atoms with Gasteiger partial charge in [0.1, 0.15) is 0 Å². The predicted molar refractivity (Wildman–Crippen MR) is 84.6 cm³/mol. The minimum absolute atomic E-state index is 0. The van der Waals surface area contributed by atoms with Crippen LogP contribution in [0.2, 0.25) is 16.7 Å². The van der Waals surface area contributed by atoms with E-state index in [1.165, 1.54) is 51.4 Å². The van der Waals surface area contributed by atoms with Crippen LogP contribution in [0.3, 0.4) is 0 Å². The van der Waals surface area contributed by atoms with Crippen molar-refractivity contribution in [3.8, 4) is 0 Å². The molecular weight excluding hydrogens is 314 g/mol. The SMILES string of the molecule is CCC[CH2][In-]([CH2]CCC)([CH2]CCC)[CH2]CCC.[Li+]. The van der Waals surface area contributed by atoms with Crippen LogP contribution >= 0.6 is 0 Å². The number of rotatable bonds is 12. The molecule has 0 spiro atoms. The molecule has 0 atom stereocenters. The van der Waals surface area contributed by atoms with Gasteiger partial charge in [0.05, 0.1) is 0 Å². The molecule has 0 aromatic rings. The van der Waals surface area contributed by atoms with Crippen molar-refractivity contribution in [2.75, 3.05) is 0 Å². The van der Waals surface area contributed by atoms with Crippen molar-refractivity contribution in [2.24, 2.45) is 0 Å². The first-order valence-corrected chi connectivity index (χ1v) is 17.8. The van der Waals surface area contributed by atoms with Gasteiger partial charge in [0.2, 0.25) is 0 Å². The zero-order chi connectivity index (χ0) is 13.0. The van der Waals surface area contributed by atoms with E-state index in [9.17, 15) is 0 Å². The van der Waals surface area contributed by atoms with Crippen LogP contribution in [0, 0.1) is 0 Å². The van der Waals surface area contributed by atoms with E-state index in [1.807, 2.05) is 0 Å². The van der Waals surface area contributed by atoms with Crippen molar-refractivity contribution >= 4 is 20.0 Å². The van der Waals surface area contributed by atoms with E-state index >= 15 is 0 Å². The van der Waals surface area contributed by atoms with Crippen molar-refractivity contribution in [3.05, 3.63) is 0 Å². The largest absolute Gasteiger partial charge is 1.00 e. The second-order valence-corrected chi connectivity index (χ2v) is 22.8. The summed E-state index contributed by atoms with van der Waals surface area (Å²) in [6.45, 7) is 9.49. The summed E-state index contributed by atoms with van der Waals surface area (Å²) >= 11 is -1.81. The number of hydrogen-bond acceptors (Lipinski definition) is 0. The fourth-order valence-corrected chi connectivity index (χ4v) is 22.9. The summed E-state index contributed by atoms with van der Waals surface area (Å²) in [5.74, 6) is 0. The topological polar surface area (TPSA) is 0 Å². The molecule has 0 unspecified atom stereocenters. The van der Waals surface area contributed by atoms with Crippen LogP contribution in [0.1, 0.15) is 79.1 Å². The molecular formula is C16H36InLi. The van der Waals surface area contributed by atoms with Gasteiger partial charge in [-0.15, -0.1) is 0 Å². The van der Waals surface area contributed by atoms with Crippen LogP contribution in [0.4, 0.5) is 0 Å². The zero-order valence-electron chi connectivity index (χ0n) is 14.1. The summed E-state index contributed by atoms with van der Waals surface area (Å²) in [5.41, 5.74) is 0. The first kappa shape index (κ1) is 21.8. The third-order valence-corrected chi connectivity index (χ3v) is 23.3. The van der Waals surface area contributed by atoms with E-state index in [1.54, 1.807) is 16.7 Å². The van der Waals surface area contributed by atoms with Gasteiger partial charge in [0.15, 0.2) is 0 Å².